The predicted molar refractivity (Wildman–Crippen MR) is 80.8 cm³/mol. The fourth-order valence-corrected chi connectivity index (χ4v) is 3.14. The average Bonchev–Trinajstić information content (AvgIpc) is 2.98. The fourth-order valence-electron chi connectivity index (χ4n) is 3.14. The number of Topliss-reactive ketones (excluding diaryl/α,β-unsaturated/α-hetero) is 1. The highest BCUT2D eigenvalue weighted by Gasteiger charge is 2.56. The summed E-state index contributed by atoms with van der Waals surface area (Å²) in [6, 6.07) is 0. The highest BCUT2D eigenvalue weighted by Crippen LogP contribution is 2.42. The first-order valence-electron chi connectivity index (χ1n) is 7.61. The van der Waals surface area contributed by atoms with E-state index in [9.17, 15) is 19.5 Å². The molecule has 0 saturated carbocycles. The lowest BCUT2D eigenvalue weighted by molar-refractivity contribution is -0.200. The minimum atomic E-state index is -0.911. The molecule has 1 N–H and O–H groups in total. The van der Waals surface area contributed by atoms with Crippen LogP contribution < -0.4 is 11.2 Å². The number of aromatic nitrogens is 2. The van der Waals surface area contributed by atoms with Gasteiger partial charge in [-0.3, -0.25) is 18.7 Å². The standard InChI is InChI=1S/C15H20N2O7/c1-7(19)8-5-17(14(21)16(4)12(8)20)13-11-10(9(6-18)22-13)23-15(2,3)24-11/h5,9-11,13,18H,6H2,1-4H3/t9-,10+,11+,13+/m1/s1. The van der Waals surface area contributed by atoms with E-state index < -0.39 is 47.4 Å². The van der Waals surface area contributed by atoms with Crippen molar-refractivity contribution in [3.8, 4) is 0 Å². The van der Waals surface area contributed by atoms with E-state index in [0.29, 0.717) is 0 Å². The van der Waals surface area contributed by atoms with Crippen LogP contribution in [0.25, 0.3) is 0 Å². The topological polar surface area (TPSA) is 109 Å². The van der Waals surface area contributed by atoms with E-state index in [0.717, 1.165) is 9.13 Å². The van der Waals surface area contributed by atoms with E-state index in [1.54, 1.807) is 13.8 Å². The van der Waals surface area contributed by atoms with Crippen molar-refractivity contribution in [3.63, 3.8) is 0 Å². The molecule has 1 aromatic heterocycles. The Labute approximate surface area is 137 Å². The third-order valence-corrected chi connectivity index (χ3v) is 4.27. The van der Waals surface area contributed by atoms with Gasteiger partial charge in [-0.15, -0.1) is 0 Å². The molecule has 0 aromatic carbocycles. The minimum Gasteiger partial charge on any atom is -0.394 e. The van der Waals surface area contributed by atoms with Crippen LogP contribution in [0.5, 0.6) is 0 Å². The molecule has 9 nitrogen and oxygen atoms in total. The third-order valence-electron chi connectivity index (χ3n) is 4.27. The number of carbonyl (C=O) groups excluding carboxylic acids is 1. The Hall–Kier alpha value is -1.81. The fraction of sp³-hybridized carbons (Fsp3) is 0.667. The van der Waals surface area contributed by atoms with E-state index in [-0.39, 0.29) is 12.2 Å². The first-order valence-corrected chi connectivity index (χ1v) is 7.61. The van der Waals surface area contributed by atoms with Crippen molar-refractivity contribution < 1.29 is 24.1 Å². The van der Waals surface area contributed by atoms with Crippen molar-refractivity contribution in [2.75, 3.05) is 6.61 Å². The Balaban J connectivity index is 2.11. The van der Waals surface area contributed by atoms with Gasteiger partial charge in [-0.25, -0.2) is 4.79 Å². The second-order valence-electron chi connectivity index (χ2n) is 6.47. The summed E-state index contributed by atoms with van der Waals surface area (Å²) in [5, 5.41) is 9.50. The smallest absolute Gasteiger partial charge is 0.332 e. The Bertz CT molecular complexity index is 794. The number of rotatable bonds is 3. The first-order chi connectivity index (χ1) is 11.2. The van der Waals surface area contributed by atoms with Gasteiger partial charge in [-0.05, 0) is 20.8 Å². The molecule has 3 rings (SSSR count). The highest BCUT2D eigenvalue weighted by molar-refractivity contribution is 5.93. The molecule has 2 aliphatic rings. The van der Waals surface area contributed by atoms with E-state index in [1.165, 1.54) is 20.2 Å². The number of ether oxygens (including phenoxy) is 3. The lowest BCUT2D eigenvalue weighted by atomic mass is 10.1. The number of hydrogen-bond donors (Lipinski definition) is 1. The summed E-state index contributed by atoms with van der Waals surface area (Å²) in [7, 11) is 1.29. The molecule has 0 amide bonds. The summed E-state index contributed by atoms with van der Waals surface area (Å²) in [6.45, 7) is 4.39. The maximum Gasteiger partial charge on any atom is 0.332 e. The molecule has 4 atom stereocenters. The van der Waals surface area contributed by atoms with Gasteiger partial charge in [-0.1, -0.05) is 0 Å². The second-order valence-corrected chi connectivity index (χ2v) is 6.47. The van der Waals surface area contributed by atoms with Crippen LogP contribution >= 0.6 is 0 Å². The van der Waals surface area contributed by atoms with Gasteiger partial charge in [-0.2, -0.15) is 0 Å². The molecule has 2 saturated heterocycles. The zero-order valence-electron chi connectivity index (χ0n) is 13.9. The van der Waals surface area contributed by atoms with E-state index in [2.05, 4.69) is 0 Å². The van der Waals surface area contributed by atoms with E-state index in [1.807, 2.05) is 0 Å². The van der Waals surface area contributed by atoms with Crippen LogP contribution in [0.3, 0.4) is 0 Å². The lowest BCUT2D eigenvalue weighted by Gasteiger charge is -2.24. The maximum atomic E-state index is 12.5. The number of carbonyl (C=O) groups is 1. The minimum absolute atomic E-state index is 0.122. The van der Waals surface area contributed by atoms with E-state index in [4.69, 9.17) is 14.2 Å². The van der Waals surface area contributed by atoms with Crippen molar-refractivity contribution in [1.29, 1.82) is 0 Å². The summed E-state index contributed by atoms with van der Waals surface area (Å²) in [5.41, 5.74) is -1.43. The molecule has 0 unspecified atom stereocenters. The number of fused-ring (bicyclic) bond motifs is 1. The van der Waals surface area contributed by atoms with Gasteiger partial charge >= 0.3 is 5.69 Å². The van der Waals surface area contributed by atoms with Crippen LogP contribution in [-0.4, -0.2) is 50.7 Å². The average molecular weight is 340 g/mol. The highest BCUT2D eigenvalue weighted by atomic mass is 16.8. The molecular weight excluding hydrogens is 320 g/mol. The maximum absolute atomic E-state index is 12.5. The lowest BCUT2D eigenvalue weighted by Crippen LogP contribution is -2.44. The van der Waals surface area contributed by atoms with Crippen molar-refractivity contribution in [3.05, 3.63) is 32.6 Å². The predicted octanol–water partition coefficient (Wildman–Crippen LogP) is -0.841. The molecule has 2 aliphatic heterocycles. The van der Waals surface area contributed by atoms with Gasteiger partial charge in [0.1, 0.15) is 18.3 Å². The molecular formula is C15H20N2O7. The van der Waals surface area contributed by atoms with Gasteiger partial charge in [0.05, 0.1) is 12.2 Å². The van der Waals surface area contributed by atoms with Gasteiger partial charge in [0.15, 0.2) is 17.8 Å². The number of hydrogen-bond acceptors (Lipinski definition) is 7. The van der Waals surface area contributed by atoms with Crippen LogP contribution in [0.4, 0.5) is 0 Å². The molecule has 3 heterocycles. The summed E-state index contributed by atoms with van der Waals surface area (Å²) in [4.78, 5) is 36.2. The second kappa shape index (κ2) is 5.62. The molecule has 24 heavy (non-hydrogen) atoms. The number of ketones is 1. The van der Waals surface area contributed by atoms with Gasteiger partial charge in [0.2, 0.25) is 0 Å². The molecule has 0 bridgehead atoms. The van der Waals surface area contributed by atoms with Gasteiger partial charge in [0.25, 0.3) is 5.56 Å². The molecule has 1 aromatic rings. The number of aliphatic hydroxyl groups excluding tert-OH is 1. The van der Waals surface area contributed by atoms with Crippen molar-refractivity contribution >= 4 is 5.78 Å². The van der Waals surface area contributed by atoms with Crippen LogP contribution in [-0.2, 0) is 21.3 Å². The van der Waals surface area contributed by atoms with Crippen molar-refractivity contribution in [1.82, 2.24) is 9.13 Å². The van der Waals surface area contributed by atoms with Crippen LogP contribution in [0.15, 0.2) is 15.8 Å². The monoisotopic (exact) mass is 340 g/mol. The molecule has 132 valence electrons. The summed E-state index contributed by atoms with van der Waals surface area (Å²) < 4.78 is 19.3. The summed E-state index contributed by atoms with van der Waals surface area (Å²) >= 11 is 0. The molecule has 0 radical (unpaired) electrons. The van der Waals surface area contributed by atoms with E-state index >= 15 is 0 Å². The van der Waals surface area contributed by atoms with Gasteiger partial charge in [0, 0.05) is 13.2 Å². The summed E-state index contributed by atoms with van der Waals surface area (Å²) in [6.07, 6.45) is -1.60. The molecule has 2 fully saturated rings. The zero-order chi connectivity index (χ0) is 17.8. The van der Waals surface area contributed by atoms with Crippen molar-refractivity contribution in [2.24, 2.45) is 7.05 Å². The Morgan fingerprint density at radius 1 is 1.29 bits per heavy atom. The Kier molecular flexibility index (Phi) is 3.99. The van der Waals surface area contributed by atoms with Crippen molar-refractivity contribution in [2.45, 2.75) is 51.1 Å². The van der Waals surface area contributed by atoms with Crippen LogP contribution in [0.2, 0.25) is 0 Å². The third kappa shape index (κ3) is 2.53. The summed E-state index contributed by atoms with van der Waals surface area (Å²) in [5.74, 6) is -1.35. The Morgan fingerprint density at radius 2 is 1.92 bits per heavy atom. The molecule has 0 aliphatic carbocycles. The molecule has 9 heteroatoms. The number of nitrogens with zero attached hydrogens (tertiary/aromatic N) is 2. The molecule has 0 spiro atoms. The quantitative estimate of drug-likeness (QED) is 0.715. The number of aliphatic hydroxyl groups is 1. The van der Waals surface area contributed by atoms with Gasteiger partial charge < -0.3 is 19.3 Å². The van der Waals surface area contributed by atoms with Crippen LogP contribution in [0.1, 0.15) is 37.4 Å². The van der Waals surface area contributed by atoms with Crippen LogP contribution in [0, 0.1) is 0 Å². The largest absolute Gasteiger partial charge is 0.394 e. The zero-order valence-corrected chi connectivity index (χ0v) is 13.9. The SMILES string of the molecule is CC(=O)c1cn([C@H]2O[C@H](CO)[C@@H]3OC(C)(C)O[C@@H]32)c(=O)n(C)c1=O. The Morgan fingerprint density at radius 3 is 2.50 bits per heavy atom. The normalized spacial score (nSPS) is 31.2. The first kappa shape index (κ1) is 17.0.